The molecule has 0 aromatic heterocycles. The minimum absolute atomic E-state index is 0.0540. The summed E-state index contributed by atoms with van der Waals surface area (Å²) in [4.78, 5) is 0. The Morgan fingerprint density at radius 3 is 2.36 bits per heavy atom. The summed E-state index contributed by atoms with van der Waals surface area (Å²) in [5.74, 6) is 0.183. The van der Waals surface area contributed by atoms with Gasteiger partial charge in [0.1, 0.15) is 5.84 Å². The molecule has 5 heteroatoms. The van der Waals surface area contributed by atoms with E-state index in [1.54, 1.807) is 0 Å². The molecule has 0 saturated carbocycles. The van der Waals surface area contributed by atoms with E-state index >= 15 is 0 Å². The van der Waals surface area contributed by atoms with E-state index in [1.807, 2.05) is 20.8 Å². The molecule has 84 valence electrons. The first-order valence-corrected chi connectivity index (χ1v) is 4.75. The molecule has 0 amide bonds. The zero-order chi connectivity index (χ0) is 11.0. The van der Waals surface area contributed by atoms with Crippen molar-refractivity contribution < 1.29 is 14.7 Å². The van der Waals surface area contributed by atoms with Crippen LogP contribution < -0.4 is 5.73 Å². The van der Waals surface area contributed by atoms with Crippen LogP contribution in [0.5, 0.6) is 0 Å². The second-order valence-corrected chi connectivity index (χ2v) is 3.40. The van der Waals surface area contributed by atoms with Crippen LogP contribution in [0.15, 0.2) is 5.16 Å². The van der Waals surface area contributed by atoms with Gasteiger partial charge in [0, 0.05) is 6.42 Å². The van der Waals surface area contributed by atoms with Gasteiger partial charge in [0.2, 0.25) is 0 Å². The minimum Gasteiger partial charge on any atom is -0.409 e. The second-order valence-electron chi connectivity index (χ2n) is 3.40. The zero-order valence-electron chi connectivity index (χ0n) is 9.06. The minimum atomic E-state index is -0.0540. The van der Waals surface area contributed by atoms with Gasteiger partial charge in [-0.25, -0.2) is 0 Å². The lowest BCUT2D eigenvalue weighted by atomic mass is 10.3. The van der Waals surface area contributed by atoms with Gasteiger partial charge < -0.3 is 20.4 Å². The Morgan fingerprint density at radius 2 is 1.86 bits per heavy atom. The number of nitrogens with two attached hydrogens (primary N) is 1. The van der Waals surface area contributed by atoms with Crippen LogP contribution in [0, 0.1) is 0 Å². The molecule has 0 aliphatic heterocycles. The van der Waals surface area contributed by atoms with Gasteiger partial charge in [-0.05, 0) is 20.8 Å². The van der Waals surface area contributed by atoms with Crippen LogP contribution in [0.25, 0.3) is 0 Å². The Bertz CT molecular complexity index is 171. The van der Waals surface area contributed by atoms with Gasteiger partial charge in [0.25, 0.3) is 0 Å². The average molecular weight is 204 g/mol. The summed E-state index contributed by atoms with van der Waals surface area (Å²) in [5.41, 5.74) is 5.32. The van der Waals surface area contributed by atoms with Crippen molar-refractivity contribution >= 4 is 5.84 Å². The third-order valence-corrected chi connectivity index (χ3v) is 1.56. The first kappa shape index (κ1) is 13.2. The van der Waals surface area contributed by atoms with E-state index < -0.39 is 0 Å². The highest BCUT2D eigenvalue weighted by Crippen LogP contribution is 1.97. The molecule has 0 aliphatic rings. The molecule has 0 saturated heterocycles. The van der Waals surface area contributed by atoms with Crippen molar-refractivity contribution in [2.75, 3.05) is 13.2 Å². The molecule has 1 unspecified atom stereocenters. The maximum Gasteiger partial charge on any atom is 0.141 e. The van der Waals surface area contributed by atoms with Crippen molar-refractivity contribution in [3.05, 3.63) is 0 Å². The summed E-state index contributed by atoms with van der Waals surface area (Å²) in [7, 11) is 0. The number of oxime groups is 1. The first-order chi connectivity index (χ1) is 6.56. The van der Waals surface area contributed by atoms with E-state index in [9.17, 15) is 0 Å². The van der Waals surface area contributed by atoms with Crippen LogP contribution in [0.4, 0.5) is 0 Å². The predicted molar refractivity (Wildman–Crippen MR) is 54.5 cm³/mol. The third-order valence-electron chi connectivity index (χ3n) is 1.56. The normalized spacial score (nSPS) is 14.7. The molecular weight excluding hydrogens is 184 g/mol. The highest BCUT2D eigenvalue weighted by atomic mass is 16.5. The number of amidine groups is 1. The van der Waals surface area contributed by atoms with Crippen LogP contribution in [0.3, 0.4) is 0 Å². The van der Waals surface area contributed by atoms with Crippen molar-refractivity contribution in [1.82, 2.24) is 0 Å². The SMILES string of the molecule is CC(C)OCCOC(C)CC(N)=NO. The Morgan fingerprint density at radius 1 is 1.29 bits per heavy atom. The topological polar surface area (TPSA) is 77.1 Å². The van der Waals surface area contributed by atoms with E-state index in [4.69, 9.17) is 20.4 Å². The van der Waals surface area contributed by atoms with Gasteiger partial charge in [0.05, 0.1) is 25.4 Å². The molecule has 0 radical (unpaired) electrons. The van der Waals surface area contributed by atoms with Crippen LogP contribution in [0.2, 0.25) is 0 Å². The predicted octanol–water partition coefficient (Wildman–Crippen LogP) is 0.953. The van der Waals surface area contributed by atoms with Gasteiger partial charge in [-0.15, -0.1) is 0 Å². The molecule has 0 aromatic rings. The molecule has 0 heterocycles. The van der Waals surface area contributed by atoms with Crippen LogP contribution >= 0.6 is 0 Å². The van der Waals surface area contributed by atoms with Crippen LogP contribution in [0.1, 0.15) is 27.2 Å². The van der Waals surface area contributed by atoms with E-state index in [2.05, 4.69) is 5.16 Å². The Balaban J connectivity index is 3.40. The lowest BCUT2D eigenvalue weighted by Gasteiger charge is -2.13. The van der Waals surface area contributed by atoms with Gasteiger partial charge >= 0.3 is 0 Å². The van der Waals surface area contributed by atoms with Crippen molar-refractivity contribution in [1.29, 1.82) is 0 Å². The Hall–Kier alpha value is -0.810. The molecule has 0 bridgehead atoms. The van der Waals surface area contributed by atoms with Crippen molar-refractivity contribution in [2.45, 2.75) is 39.4 Å². The van der Waals surface area contributed by atoms with Crippen molar-refractivity contribution in [2.24, 2.45) is 10.9 Å². The van der Waals surface area contributed by atoms with E-state index in [1.165, 1.54) is 0 Å². The van der Waals surface area contributed by atoms with E-state index in [0.717, 1.165) is 0 Å². The highest BCUT2D eigenvalue weighted by molar-refractivity contribution is 5.79. The second kappa shape index (κ2) is 7.58. The fraction of sp³-hybridized carbons (Fsp3) is 0.889. The van der Waals surface area contributed by atoms with Crippen molar-refractivity contribution in [3.8, 4) is 0 Å². The molecule has 0 rings (SSSR count). The summed E-state index contributed by atoms with van der Waals surface area (Å²) < 4.78 is 10.7. The fourth-order valence-electron chi connectivity index (χ4n) is 0.927. The smallest absolute Gasteiger partial charge is 0.141 e. The fourth-order valence-corrected chi connectivity index (χ4v) is 0.927. The lowest BCUT2D eigenvalue weighted by molar-refractivity contribution is -0.00456. The molecule has 1 atom stereocenters. The third kappa shape index (κ3) is 7.82. The van der Waals surface area contributed by atoms with E-state index in [-0.39, 0.29) is 18.0 Å². The molecule has 0 fully saturated rings. The number of rotatable bonds is 7. The van der Waals surface area contributed by atoms with Gasteiger partial charge in [-0.3, -0.25) is 0 Å². The molecule has 0 aromatic carbocycles. The monoisotopic (exact) mass is 204 g/mol. The summed E-state index contributed by atoms with van der Waals surface area (Å²) in [6, 6.07) is 0. The van der Waals surface area contributed by atoms with Gasteiger partial charge in [0.15, 0.2) is 0 Å². The van der Waals surface area contributed by atoms with Gasteiger partial charge in [-0.1, -0.05) is 5.16 Å². The van der Waals surface area contributed by atoms with E-state index in [0.29, 0.717) is 19.6 Å². The summed E-state index contributed by atoms with van der Waals surface area (Å²) >= 11 is 0. The van der Waals surface area contributed by atoms with Crippen LogP contribution in [-0.2, 0) is 9.47 Å². The Labute approximate surface area is 84.9 Å². The number of hydrogen-bond acceptors (Lipinski definition) is 4. The molecule has 3 N–H and O–H groups in total. The number of ether oxygens (including phenoxy) is 2. The van der Waals surface area contributed by atoms with Crippen molar-refractivity contribution in [3.63, 3.8) is 0 Å². The average Bonchev–Trinajstić information content (AvgIpc) is 2.12. The zero-order valence-corrected chi connectivity index (χ0v) is 9.06. The maximum absolute atomic E-state index is 8.31. The van der Waals surface area contributed by atoms with Crippen LogP contribution in [-0.4, -0.2) is 36.5 Å². The quantitative estimate of drug-likeness (QED) is 0.213. The largest absolute Gasteiger partial charge is 0.409 e. The molecule has 0 spiro atoms. The summed E-state index contributed by atoms with van der Waals surface area (Å²) in [6.45, 7) is 6.91. The maximum atomic E-state index is 8.31. The number of nitrogens with zero attached hydrogens (tertiary/aromatic N) is 1. The molecular formula is C9H20N2O3. The molecule has 5 nitrogen and oxygen atoms in total. The summed E-state index contributed by atoms with van der Waals surface area (Å²) in [6.07, 6.45) is 0.595. The molecule has 0 aliphatic carbocycles. The highest BCUT2D eigenvalue weighted by Gasteiger charge is 2.05. The first-order valence-electron chi connectivity index (χ1n) is 4.75. The molecule has 14 heavy (non-hydrogen) atoms. The standard InChI is InChI=1S/C9H20N2O3/c1-7(2)13-4-5-14-8(3)6-9(10)11-12/h7-8,12H,4-6H2,1-3H3,(H2,10,11). The lowest BCUT2D eigenvalue weighted by Crippen LogP contribution is -2.22. The Kier molecular flexibility index (Phi) is 7.14. The number of hydrogen-bond donors (Lipinski definition) is 2. The van der Waals surface area contributed by atoms with Gasteiger partial charge in [-0.2, -0.15) is 0 Å². The summed E-state index contributed by atoms with van der Waals surface area (Å²) in [5, 5.41) is 11.2.